The summed E-state index contributed by atoms with van der Waals surface area (Å²) in [4.78, 5) is 0. The number of hydrogen-bond acceptors (Lipinski definition) is 1. The minimum atomic E-state index is 0.951. The van der Waals surface area contributed by atoms with Crippen molar-refractivity contribution >= 4 is 27.5 Å². The maximum atomic E-state index is 6.29. The molecule has 0 amide bonds. The number of aryl methyl sites for hydroxylation is 1. The second-order valence-corrected chi connectivity index (χ2v) is 8.53. The van der Waals surface area contributed by atoms with Crippen molar-refractivity contribution in [1.29, 1.82) is 0 Å². The molecule has 0 radical (unpaired) electrons. The van der Waals surface area contributed by atoms with Crippen molar-refractivity contribution in [3.8, 4) is 22.3 Å². The molecule has 0 fully saturated rings. The smallest absolute Gasteiger partial charge is 0.143 e. The number of allylic oxidation sites excluding steroid dienone is 4. The van der Waals surface area contributed by atoms with E-state index in [4.69, 9.17) is 4.42 Å². The van der Waals surface area contributed by atoms with Crippen LogP contribution in [0.1, 0.15) is 24.0 Å². The van der Waals surface area contributed by atoms with E-state index >= 15 is 0 Å². The van der Waals surface area contributed by atoms with Crippen LogP contribution in [0.4, 0.5) is 0 Å². The Bertz CT molecular complexity index is 1490. The number of para-hydroxylation sites is 1. The van der Waals surface area contributed by atoms with E-state index in [1.807, 2.05) is 0 Å². The lowest BCUT2D eigenvalue weighted by Crippen LogP contribution is -1.86. The average molecular weight is 413 g/mol. The zero-order chi connectivity index (χ0) is 21.5. The van der Waals surface area contributed by atoms with Crippen LogP contribution in [0.2, 0.25) is 0 Å². The molecule has 1 aromatic heterocycles. The molecule has 154 valence electrons. The lowest BCUT2D eigenvalue weighted by Gasteiger charge is -2.09. The minimum Gasteiger partial charge on any atom is -0.455 e. The van der Waals surface area contributed by atoms with Crippen molar-refractivity contribution in [3.63, 3.8) is 0 Å². The molecule has 0 saturated heterocycles. The van der Waals surface area contributed by atoms with Gasteiger partial charge in [0.1, 0.15) is 11.2 Å². The molecule has 1 heterocycles. The van der Waals surface area contributed by atoms with E-state index in [1.54, 1.807) is 0 Å². The summed E-state index contributed by atoms with van der Waals surface area (Å²) in [6, 6.07) is 30.4. The lowest BCUT2D eigenvalue weighted by atomic mass is 9.95. The number of fused-ring (bicyclic) bond motifs is 3. The van der Waals surface area contributed by atoms with E-state index in [0.717, 1.165) is 29.6 Å². The Morgan fingerprint density at radius 1 is 0.656 bits per heavy atom. The van der Waals surface area contributed by atoms with Crippen LogP contribution in [0, 0.1) is 6.92 Å². The van der Waals surface area contributed by atoms with E-state index in [9.17, 15) is 0 Å². The topological polar surface area (TPSA) is 13.1 Å². The fraction of sp³-hybridized carbons (Fsp3) is 0.0968. The van der Waals surface area contributed by atoms with Gasteiger partial charge in [0.2, 0.25) is 0 Å². The summed E-state index contributed by atoms with van der Waals surface area (Å²) in [5.41, 5.74) is 10.5. The summed E-state index contributed by atoms with van der Waals surface area (Å²) < 4.78 is 6.29. The second kappa shape index (κ2) is 7.69. The van der Waals surface area contributed by atoms with Gasteiger partial charge in [0.05, 0.1) is 0 Å². The fourth-order valence-electron chi connectivity index (χ4n) is 4.78. The van der Waals surface area contributed by atoms with Gasteiger partial charge in [0.25, 0.3) is 0 Å². The van der Waals surface area contributed by atoms with Gasteiger partial charge in [-0.2, -0.15) is 0 Å². The van der Waals surface area contributed by atoms with Gasteiger partial charge in [0, 0.05) is 16.3 Å². The normalized spacial score (nSPS) is 13.6. The van der Waals surface area contributed by atoms with E-state index in [1.165, 1.54) is 44.2 Å². The van der Waals surface area contributed by atoms with Crippen LogP contribution in [0.3, 0.4) is 0 Å². The highest BCUT2D eigenvalue weighted by atomic mass is 16.3. The van der Waals surface area contributed by atoms with Crippen molar-refractivity contribution < 1.29 is 4.42 Å². The first-order valence-corrected chi connectivity index (χ1v) is 11.3. The number of furan rings is 1. The maximum Gasteiger partial charge on any atom is 0.143 e. The summed E-state index contributed by atoms with van der Waals surface area (Å²) in [7, 11) is 0. The predicted octanol–water partition coefficient (Wildman–Crippen LogP) is 8.96. The van der Waals surface area contributed by atoms with Gasteiger partial charge in [-0.3, -0.25) is 0 Å². The minimum absolute atomic E-state index is 0.951. The van der Waals surface area contributed by atoms with Crippen molar-refractivity contribution in [2.75, 3.05) is 0 Å². The molecule has 5 aromatic rings. The van der Waals surface area contributed by atoms with Gasteiger partial charge in [-0.25, -0.2) is 0 Å². The third kappa shape index (κ3) is 3.18. The van der Waals surface area contributed by atoms with Gasteiger partial charge in [-0.15, -0.1) is 0 Å². The van der Waals surface area contributed by atoms with Gasteiger partial charge < -0.3 is 4.42 Å². The molecule has 0 atom stereocenters. The maximum absolute atomic E-state index is 6.29. The molecule has 0 spiro atoms. The molecule has 0 bridgehead atoms. The standard InChI is InChI=1S/C31H24O/c1-21-7-5-12-29-30(21)28-11-6-10-27(31(28)32-29)26-19-17-25(18-20-26)24-15-13-23(14-16-24)22-8-3-2-4-9-22/h3,5-20H,2,4H2,1H3. The molecule has 32 heavy (non-hydrogen) atoms. The molecule has 1 aliphatic rings. The predicted molar refractivity (Wildman–Crippen MR) is 136 cm³/mol. The van der Waals surface area contributed by atoms with Crippen molar-refractivity contribution in [2.45, 2.75) is 19.8 Å². The first-order valence-electron chi connectivity index (χ1n) is 11.3. The number of hydrogen-bond donors (Lipinski definition) is 0. The quantitative estimate of drug-likeness (QED) is 0.288. The van der Waals surface area contributed by atoms with Gasteiger partial charge >= 0.3 is 0 Å². The molecule has 0 unspecified atom stereocenters. The zero-order valence-corrected chi connectivity index (χ0v) is 18.1. The van der Waals surface area contributed by atoms with Gasteiger partial charge in [-0.1, -0.05) is 97.1 Å². The average Bonchev–Trinajstić information content (AvgIpc) is 3.25. The summed E-state index contributed by atoms with van der Waals surface area (Å²) in [6.45, 7) is 2.14. The van der Waals surface area contributed by atoms with Crippen LogP contribution in [-0.4, -0.2) is 0 Å². The van der Waals surface area contributed by atoms with Gasteiger partial charge in [-0.05, 0) is 59.2 Å². The fourth-order valence-corrected chi connectivity index (χ4v) is 4.78. The van der Waals surface area contributed by atoms with Crippen LogP contribution in [0.15, 0.2) is 108 Å². The SMILES string of the molecule is Cc1cccc2oc3c(-c4ccc(-c5ccc(C6=CCCC=C6)cc5)cc4)cccc3c12. The van der Waals surface area contributed by atoms with Crippen molar-refractivity contribution in [3.05, 3.63) is 114 Å². The van der Waals surface area contributed by atoms with Crippen LogP contribution in [-0.2, 0) is 0 Å². The Balaban J connectivity index is 1.35. The highest BCUT2D eigenvalue weighted by molar-refractivity contribution is 6.10. The summed E-state index contributed by atoms with van der Waals surface area (Å²) in [6.07, 6.45) is 9.09. The molecular weight excluding hydrogens is 388 g/mol. The van der Waals surface area contributed by atoms with Crippen molar-refractivity contribution in [2.24, 2.45) is 0 Å². The van der Waals surface area contributed by atoms with E-state index in [2.05, 4.69) is 110 Å². The molecule has 0 aliphatic heterocycles. The molecule has 6 rings (SSSR count). The highest BCUT2D eigenvalue weighted by Gasteiger charge is 2.13. The van der Waals surface area contributed by atoms with Crippen molar-refractivity contribution in [1.82, 2.24) is 0 Å². The Labute approximate surface area is 188 Å². The summed E-state index contributed by atoms with van der Waals surface area (Å²) in [5.74, 6) is 0. The Morgan fingerprint density at radius 3 is 2.06 bits per heavy atom. The highest BCUT2D eigenvalue weighted by Crippen LogP contribution is 2.37. The second-order valence-electron chi connectivity index (χ2n) is 8.53. The van der Waals surface area contributed by atoms with E-state index in [0.29, 0.717) is 0 Å². The van der Waals surface area contributed by atoms with Crippen LogP contribution in [0.25, 0.3) is 49.8 Å². The molecule has 1 aliphatic carbocycles. The van der Waals surface area contributed by atoms with Crippen LogP contribution < -0.4 is 0 Å². The molecule has 4 aromatic carbocycles. The first-order chi connectivity index (χ1) is 15.8. The Morgan fingerprint density at radius 2 is 1.34 bits per heavy atom. The van der Waals surface area contributed by atoms with Gasteiger partial charge in [0.15, 0.2) is 0 Å². The molecule has 0 saturated carbocycles. The third-order valence-corrected chi connectivity index (χ3v) is 6.47. The molecule has 1 heteroatoms. The van der Waals surface area contributed by atoms with Crippen LogP contribution in [0.5, 0.6) is 0 Å². The zero-order valence-electron chi connectivity index (χ0n) is 18.1. The lowest BCUT2D eigenvalue weighted by molar-refractivity contribution is 0.670. The largest absolute Gasteiger partial charge is 0.455 e. The Kier molecular flexibility index (Phi) is 4.54. The van der Waals surface area contributed by atoms with Crippen LogP contribution >= 0.6 is 0 Å². The third-order valence-electron chi connectivity index (χ3n) is 6.47. The van der Waals surface area contributed by atoms with E-state index < -0.39 is 0 Å². The van der Waals surface area contributed by atoms with E-state index in [-0.39, 0.29) is 0 Å². The number of rotatable bonds is 3. The summed E-state index contributed by atoms with van der Waals surface area (Å²) in [5, 5.41) is 2.39. The summed E-state index contributed by atoms with van der Waals surface area (Å²) >= 11 is 0. The molecule has 0 N–H and O–H groups in total. The first kappa shape index (κ1) is 18.9. The molecule has 1 nitrogen and oxygen atoms in total. The molecular formula is C31H24O. The number of benzene rings is 4. The Hall–Kier alpha value is -3.84. The monoisotopic (exact) mass is 412 g/mol.